The van der Waals surface area contributed by atoms with E-state index >= 15 is 0 Å². The first-order chi connectivity index (χ1) is 15.8. The van der Waals surface area contributed by atoms with Crippen molar-refractivity contribution in [2.24, 2.45) is 7.05 Å². The molecular formula is C25H28N4O3S. The molecule has 0 unspecified atom stereocenters. The number of hydrogen-bond acceptors (Lipinski definition) is 4. The number of carbonyl (C=O) groups is 1. The molecule has 2 aromatic carbocycles. The summed E-state index contributed by atoms with van der Waals surface area (Å²) in [7, 11) is -1.73. The summed E-state index contributed by atoms with van der Waals surface area (Å²) in [5, 5.41) is 4.68. The predicted octanol–water partition coefficient (Wildman–Crippen LogP) is 3.21. The van der Waals surface area contributed by atoms with Crippen molar-refractivity contribution in [1.29, 1.82) is 0 Å². The smallest absolute Gasteiger partial charge is 0.243 e. The van der Waals surface area contributed by atoms with Gasteiger partial charge in [-0.05, 0) is 54.7 Å². The topological polar surface area (TPSA) is 75.5 Å². The summed E-state index contributed by atoms with van der Waals surface area (Å²) in [5.74, 6) is -0.0842. The molecule has 1 aliphatic heterocycles. The molecule has 1 amide bonds. The summed E-state index contributed by atoms with van der Waals surface area (Å²) < 4.78 is 30.4. The van der Waals surface area contributed by atoms with Crippen LogP contribution in [0.1, 0.15) is 41.4 Å². The number of amides is 1. The van der Waals surface area contributed by atoms with Gasteiger partial charge in [0.2, 0.25) is 15.9 Å². The molecule has 1 aromatic heterocycles. The molecule has 0 radical (unpaired) electrons. The normalized spacial score (nSPS) is 15.8. The van der Waals surface area contributed by atoms with E-state index in [0.29, 0.717) is 24.4 Å². The Balaban J connectivity index is 1.45. The van der Waals surface area contributed by atoms with Crippen LogP contribution in [0.4, 0.5) is 5.69 Å². The molecular weight excluding hydrogens is 436 g/mol. The summed E-state index contributed by atoms with van der Waals surface area (Å²) in [4.78, 5) is 14.5. The third-order valence-corrected chi connectivity index (χ3v) is 8.60. The van der Waals surface area contributed by atoms with Gasteiger partial charge in [-0.3, -0.25) is 9.48 Å². The number of fused-ring (bicyclic) bond motifs is 2. The van der Waals surface area contributed by atoms with E-state index in [1.54, 1.807) is 15.3 Å². The zero-order valence-corrected chi connectivity index (χ0v) is 19.8. The Morgan fingerprint density at radius 3 is 2.58 bits per heavy atom. The van der Waals surface area contributed by atoms with Gasteiger partial charge in [0, 0.05) is 50.4 Å². The third kappa shape index (κ3) is 3.98. The van der Waals surface area contributed by atoms with Gasteiger partial charge < -0.3 is 4.90 Å². The molecule has 0 atom stereocenters. The lowest BCUT2D eigenvalue weighted by Gasteiger charge is -2.28. The molecule has 172 valence electrons. The van der Waals surface area contributed by atoms with E-state index < -0.39 is 10.0 Å². The number of nitrogens with zero attached hydrogens (tertiary/aromatic N) is 4. The summed E-state index contributed by atoms with van der Waals surface area (Å²) in [5.41, 5.74) is 5.87. The van der Waals surface area contributed by atoms with Crippen molar-refractivity contribution in [3.8, 4) is 0 Å². The van der Waals surface area contributed by atoms with E-state index in [1.807, 2.05) is 54.2 Å². The average molecular weight is 465 g/mol. The van der Waals surface area contributed by atoms with Crippen molar-refractivity contribution in [3.63, 3.8) is 0 Å². The second kappa shape index (κ2) is 8.43. The van der Waals surface area contributed by atoms with Gasteiger partial charge in [0.15, 0.2) is 0 Å². The van der Waals surface area contributed by atoms with Crippen molar-refractivity contribution in [2.45, 2.75) is 50.6 Å². The summed E-state index contributed by atoms with van der Waals surface area (Å²) in [6, 6.07) is 15.0. The molecule has 0 N–H and O–H groups in total. The van der Waals surface area contributed by atoms with Gasteiger partial charge in [0.25, 0.3) is 0 Å². The van der Waals surface area contributed by atoms with Crippen LogP contribution in [0.5, 0.6) is 0 Å². The molecule has 2 heterocycles. The Morgan fingerprint density at radius 2 is 1.82 bits per heavy atom. The number of aromatic nitrogens is 2. The van der Waals surface area contributed by atoms with E-state index in [0.717, 1.165) is 47.5 Å². The maximum atomic E-state index is 13.5. The van der Waals surface area contributed by atoms with E-state index in [9.17, 15) is 13.2 Å². The van der Waals surface area contributed by atoms with Crippen LogP contribution in [0.25, 0.3) is 0 Å². The van der Waals surface area contributed by atoms with E-state index in [2.05, 4.69) is 5.10 Å². The third-order valence-electron chi connectivity index (χ3n) is 6.75. The second-order valence-electron chi connectivity index (χ2n) is 8.81. The monoisotopic (exact) mass is 464 g/mol. The standard InChI is InChI=1S/C25H28N4O3S/c1-18(30)29(21-9-4-3-5-10-21)17-24-23-16-28(14-13-25(23)27(2)26-24)33(31,32)22-12-11-19-7-6-8-20(19)15-22/h3-5,9-12,15H,6-8,13-14,16-17H2,1-2H3. The summed E-state index contributed by atoms with van der Waals surface area (Å²) in [6.45, 7) is 2.52. The number of aryl methyl sites for hydroxylation is 3. The van der Waals surface area contributed by atoms with Crippen molar-refractivity contribution >= 4 is 21.6 Å². The van der Waals surface area contributed by atoms with Crippen LogP contribution in [-0.4, -0.2) is 35.0 Å². The van der Waals surface area contributed by atoms with Gasteiger partial charge in [0.05, 0.1) is 17.1 Å². The SMILES string of the molecule is CC(=O)N(Cc1nn(C)c2c1CN(S(=O)(=O)c1ccc3c(c1)CCC3)CC2)c1ccccc1. The molecule has 2 aliphatic rings. The lowest BCUT2D eigenvalue weighted by Crippen LogP contribution is -2.37. The fourth-order valence-electron chi connectivity index (χ4n) is 4.98. The first-order valence-corrected chi connectivity index (χ1v) is 12.8. The van der Waals surface area contributed by atoms with E-state index in [-0.39, 0.29) is 12.5 Å². The predicted molar refractivity (Wildman–Crippen MR) is 126 cm³/mol. The highest BCUT2D eigenvalue weighted by molar-refractivity contribution is 7.89. The quantitative estimate of drug-likeness (QED) is 0.581. The van der Waals surface area contributed by atoms with Gasteiger partial charge in [-0.1, -0.05) is 24.3 Å². The lowest BCUT2D eigenvalue weighted by atomic mass is 10.1. The minimum Gasteiger partial charge on any atom is -0.307 e. The Morgan fingerprint density at radius 1 is 1.06 bits per heavy atom. The van der Waals surface area contributed by atoms with Crippen molar-refractivity contribution in [3.05, 3.63) is 76.6 Å². The zero-order chi connectivity index (χ0) is 23.2. The van der Waals surface area contributed by atoms with Crippen molar-refractivity contribution < 1.29 is 13.2 Å². The molecule has 0 saturated heterocycles. The number of rotatable bonds is 5. The summed E-state index contributed by atoms with van der Waals surface area (Å²) in [6.07, 6.45) is 3.64. The number of hydrogen-bond donors (Lipinski definition) is 0. The largest absolute Gasteiger partial charge is 0.307 e. The van der Waals surface area contributed by atoms with Crippen LogP contribution in [0.15, 0.2) is 53.4 Å². The Kier molecular flexibility index (Phi) is 5.58. The molecule has 0 fully saturated rings. The first-order valence-electron chi connectivity index (χ1n) is 11.3. The van der Waals surface area contributed by atoms with Gasteiger partial charge in [-0.15, -0.1) is 0 Å². The second-order valence-corrected chi connectivity index (χ2v) is 10.7. The van der Waals surface area contributed by atoms with Crippen LogP contribution in [0.2, 0.25) is 0 Å². The fourth-order valence-corrected chi connectivity index (χ4v) is 6.44. The maximum Gasteiger partial charge on any atom is 0.243 e. The lowest BCUT2D eigenvalue weighted by molar-refractivity contribution is -0.116. The van der Waals surface area contributed by atoms with Crippen LogP contribution >= 0.6 is 0 Å². The first kappa shape index (κ1) is 21.9. The summed E-state index contributed by atoms with van der Waals surface area (Å²) >= 11 is 0. The van der Waals surface area contributed by atoms with Gasteiger partial charge in [-0.2, -0.15) is 9.40 Å². The van der Waals surface area contributed by atoms with E-state index in [4.69, 9.17) is 0 Å². The highest BCUT2D eigenvalue weighted by atomic mass is 32.2. The minimum atomic E-state index is -3.62. The Labute approximate surface area is 194 Å². The molecule has 0 bridgehead atoms. The van der Waals surface area contributed by atoms with Crippen molar-refractivity contribution in [2.75, 3.05) is 11.4 Å². The van der Waals surface area contributed by atoms with Crippen LogP contribution in [0.3, 0.4) is 0 Å². The highest BCUT2D eigenvalue weighted by Gasteiger charge is 2.33. The molecule has 3 aromatic rings. The molecule has 5 rings (SSSR count). The van der Waals surface area contributed by atoms with Crippen LogP contribution in [0, 0.1) is 0 Å². The molecule has 1 aliphatic carbocycles. The van der Waals surface area contributed by atoms with Gasteiger partial charge in [0.1, 0.15) is 0 Å². The number of para-hydroxylation sites is 1. The Bertz CT molecular complexity index is 1310. The minimum absolute atomic E-state index is 0.0842. The molecule has 8 heteroatoms. The van der Waals surface area contributed by atoms with Crippen molar-refractivity contribution in [1.82, 2.24) is 14.1 Å². The molecule has 33 heavy (non-hydrogen) atoms. The van der Waals surface area contributed by atoms with Crippen LogP contribution in [-0.2, 0) is 54.2 Å². The van der Waals surface area contributed by atoms with E-state index in [1.165, 1.54) is 12.5 Å². The maximum absolute atomic E-state index is 13.5. The van der Waals surface area contributed by atoms with Gasteiger partial charge in [-0.25, -0.2) is 8.42 Å². The van der Waals surface area contributed by atoms with Gasteiger partial charge >= 0.3 is 0 Å². The zero-order valence-electron chi connectivity index (χ0n) is 19.0. The molecule has 7 nitrogen and oxygen atoms in total. The number of anilines is 1. The average Bonchev–Trinajstić information content (AvgIpc) is 3.41. The number of benzene rings is 2. The number of carbonyl (C=O) groups excluding carboxylic acids is 1. The Hall–Kier alpha value is -2.97. The fraction of sp³-hybridized carbons (Fsp3) is 0.360. The highest BCUT2D eigenvalue weighted by Crippen LogP contribution is 2.31. The molecule has 0 saturated carbocycles. The van der Waals surface area contributed by atoms with Crippen LogP contribution < -0.4 is 4.90 Å². The molecule has 0 spiro atoms. The number of sulfonamides is 1.